The lowest BCUT2D eigenvalue weighted by atomic mass is 10.1. The number of hydrogen-bond donors (Lipinski definition) is 1. The van der Waals surface area contributed by atoms with Crippen LogP contribution < -0.4 is 14.8 Å². The summed E-state index contributed by atoms with van der Waals surface area (Å²) in [5.41, 5.74) is 0.924. The predicted octanol–water partition coefficient (Wildman–Crippen LogP) is 3.72. The first-order chi connectivity index (χ1) is 13.3. The van der Waals surface area contributed by atoms with Crippen LogP contribution in [-0.4, -0.2) is 24.1 Å². The maximum absolute atomic E-state index is 12.0. The van der Waals surface area contributed by atoms with Crippen molar-refractivity contribution in [2.75, 3.05) is 13.2 Å². The van der Waals surface area contributed by atoms with Crippen molar-refractivity contribution < 1.29 is 14.3 Å². The van der Waals surface area contributed by atoms with Gasteiger partial charge in [-0.15, -0.1) is 0 Å². The zero-order chi connectivity index (χ0) is 18.5. The molecule has 0 unspecified atom stereocenters. The van der Waals surface area contributed by atoms with Gasteiger partial charge in [0, 0.05) is 18.8 Å². The first kappa shape index (κ1) is 17.3. The van der Waals surface area contributed by atoms with Crippen LogP contribution in [0.3, 0.4) is 0 Å². The molecule has 3 aromatic rings. The van der Waals surface area contributed by atoms with Gasteiger partial charge in [0.25, 0.3) is 5.91 Å². The Morgan fingerprint density at radius 1 is 1.04 bits per heavy atom. The third kappa shape index (κ3) is 4.97. The number of nitrogens with one attached hydrogen (secondary N) is 1. The smallest absolute Gasteiger partial charge is 0.258 e. The van der Waals surface area contributed by atoms with Crippen molar-refractivity contribution in [2.24, 2.45) is 5.92 Å². The van der Waals surface area contributed by atoms with Crippen molar-refractivity contribution in [3.63, 3.8) is 0 Å². The second kappa shape index (κ2) is 8.08. The van der Waals surface area contributed by atoms with Crippen LogP contribution in [-0.2, 0) is 11.3 Å². The zero-order valence-corrected chi connectivity index (χ0v) is 15.1. The molecule has 1 aliphatic carbocycles. The number of ether oxygens (including phenoxy) is 2. The molecule has 0 aliphatic heterocycles. The minimum absolute atomic E-state index is 0.0195. The Morgan fingerprint density at radius 3 is 2.67 bits per heavy atom. The standard InChI is InChI=1S/C22H22N2O3/c25-21(15-26-20-9-8-18-3-1-2-4-19(18)11-20)23-12-17-7-10-22(24-13-17)27-14-16-5-6-16/h1-4,7-11,13,16H,5-6,12,14-15H2,(H,23,25). The topological polar surface area (TPSA) is 60.5 Å². The van der Waals surface area contributed by atoms with Gasteiger partial charge in [-0.1, -0.05) is 36.4 Å². The maximum atomic E-state index is 12.0. The van der Waals surface area contributed by atoms with Crippen LogP contribution in [0.15, 0.2) is 60.8 Å². The van der Waals surface area contributed by atoms with Crippen molar-refractivity contribution in [2.45, 2.75) is 19.4 Å². The van der Waals surface area contributed by atoms with Crippen LogP contribution in [0.1, 0.15) is 18.4 Å². The van der Waals surface area contributed by atoms with E-state index >= 15 is 0 Å². The van der Waals surface area contributed by atoms with Crippen LogP contribution in [0.4, 0.5) is 0 Å². The summed E-state index contributed by atoms with van der Waals surface area (Å²) in [5.74, 6) is 1.85. The molecule has 1 aliphatic rings. The number of hydrogen-bond acceptors (Lipinski definition) is 4. The van der Waals surface area contributed by atoms with Gasteiger partial charge in [0.2, 0.25) is 5.88 Å². The Balaban J connectivity index is 1.22. The van der Waals surface area contributed by atoms with E-state index in [-0.39, 0.29) is 12.5 Å². The fourth-order valence-electron chi connectivity index (χ4n) is 2.75. The molecule has 1 amide bonds. The molecule has 2 aromatic carbocycles. The highest BCUT2D eigenvalue weighted by Crippen LogP contribution is 2.29. The van der Waals surface area contributed by atoms with Gasteiger partial charge < -0.3 is 14.8 Å². The van der Waals surface area contributed by atoms with Crippen LogP contribution >= 0.6 is 0 Å². The van der Waals surface area contributed by atoms with E-state index in [0.717, 1.165) is 22.9 Å². The molecule has 4 rings (SSSR count). The third-order valence-electron chi connectivity index (χ3n) is 4.54. The van der Waals surface area contributed by atoms with Gasteiger partial charge in [-0.2, -0.15) is 0 Å². The lowest BCUT2D eigenvalue weighted by Crippen LogP contribution is -2.28. The molecule has 1 fully saturated rings. The number of benzene rings is 2. The van der Waals surface area contributed by atoms with E-state index in [1.54, 1.807) is 6.20 Å². The molecule has 1 saturated carbocycles. The molecule has 0 bridgehead atoms. The van der Waals surface area contributed by atoms with E-state index in [2.05, 4.69) is 10.3 Å². The summed E-state index contributed by atoms with van der Waals surface area (Å²) < 4.78 is 11.2. The summed E-state index contributed by atoms with van der Waals surface area (Å²) in [7, 11) is 0. The average Bonchev–Trinajstić information content (AvgIpc) is 3.54. The van der Waals surface area contributed by atoms with Crippen LogP contribution in [0, 0.1) is 5.92 Å². The Bertz CT molecular complexity index is 920. The predicted molar refractivity (Wildman–Crippen MR) is 104 cm³/mol. The molecule has 1 N–H and O–H groups in total. The molecule has 0 saturated heterocycles. The number of pyridine rings is 1. The van der Waals surface area contributed by atoms with Gasteiger partial charge in [0.15, 0.2) is 6.61 Å². The Morgan fingerprint density at radius 2 is 1.89 bits per heavy atom. The Hall–Kier alpha value is -3.08. The number of aromatic nitrogens is 1. The third-order valence-corrected chi connectivity index (χ3v) is 4.54. The Kier molecular flexibility index (Phi) is 5.19. The van der Waals surface area contributed by atoms with Gasteiger partial charge in [-0.05, 0) is 47.2 Å². The molecular formula is C22H22N2O3. The van der Waals surface area contributed by atoms with E-state index in [1.807, 2.05) is 54.6 Å². The summed E-state index contributed by atoms with van der Waals surface area (Å²) in [6.07, 6.45) is 4.24. The highest BCUT2D eigenvalue weighted by Gasteiger charge is 2.22. The maximum Gasteiger partial charge on any atom is 0.258 e. The monoisotopic (exact) mass is 362 g/mol. The first-order valence-corrected chi connectivity index (χ1v) is 9.22. The summed E-state index contributed by atoms with van der Waals surface area (Å²) in [4.78, 5) is 16.3. The van der Waals surface area contributed by atoms with E-state index < -0.39 is 0 Å². The van der Waals surface area contributed by atoms with Crippen molar-refractivity contribution in [1.82, 2.24) is 10.3 Å². The molecule has 0 atom stereocenters. The van der Waals surface area contributed by atoms with Crippen LogP contribution in [0.25, 0.3) is 10.8 Å². The normalized spacial score (nSPS) is 13.3. The molecule has 5 nitrogen and oxygen atoms in total. The second-order valence-electron chi connectivity index (χ2n) is 6.83. The number of nitrogens with zero attached hydrogens (tertiary/aromatic N) is 1. The lowest BCUT2D eigenvalue weighted by Gasteiger charge is -2.09. The van der Waals surface area contributed by atoms with Gasteiger partial charge in [0.05, 0.1) is 6.61 Å². The van der Waals surface area contributed by atoms with Gasteiger partial charge >= 0.3 is 0 Å². The van der Waals surface area contributed by atoms with Crippen LogP contribution in [0.2, 0.25) is 0 Å². The summed E-state index contributed by atoms with van der Waals surface area (Å²) >= 11 is 0. The number of carbonyl (C=O) groups is 1. The van der Waals surface area contributed by atoms with Gasteiger partial charge in [-0.3, -0.25) is 4.79 Å². The van der Waals surface area contributed by atoms with E-state index in [9.17, 15) is 4.79 Å². The fraction of sp³-hybridized carbons (Fsp3) is 0.273. The van der Waals surface area contributed by atoms with E-state index in [4.69, 9.17) is 9.47 Å². The summed E-state index contributed by atoms with van der Waals surface area (Å²) in [5, 5.41) is 5.07. The van der Waals surface area contributed by atoms with Gasteiger partial charge in [0.1, 0.15) is 5.75 Å². The Labute approximate surface area is 158 Å². The highest BCUT2D eigenvalue weighted by molar-refractivity contribution is 5.84. The number of fused-ring (bicyclic) bond motifs is 1. The SMILES string of the molecule is O=C(COc1ccc2ccccc2c1)NCc1ccc(OCC2CC2)nc1. The fourth-order valence-corrected chi connectivity index (χ4v) is 2.75. The molecule has 138 valence electrons. The minimum atomic E-state index is -0.169. The second-order valence-corrected chi connectivity index (χ2v) is 6.83. The lowest BCUT2D eigenvalue weighted by molar-refractivity contribution is -0.123. The van der Waals surface area contributed by atoms with E-state index in [1.165, 1.54) is 12.8 Å². The van der Waals surface area contributed by atoms with Crippen molar-refractivity contribution in [1.29, 1.82) is 0 Å². The molecule has 0 spiro atoms. The number of carbonyl (C=O) groups excluding carboxylic acids is 1. The number of amides is 1. The molecule has 1 heterocycles. The van der Waals surface area contributed by atoms with Crippen LogP contribution in [0.5, 0.6) is 11.6 Å². The zero-order valence-electron chi connectivity index (χ0n) is 15.1. The van der Waals surface area contributed by atoms with E-state index in [0.29, 0.717) is 24.1 Å². The molecular weight excluding hydrogens is 340 g/mol. The molecule has 27 heavy (non-hydrogen) atoms. The summed E-state index contributed by atoms with van der Waals surface area (Å²) in [6.45, 7) is 1.14. The van der Waals surface area contributed by atoms with Gasteiger partial charge in [-0.25, -0.2) is 4.98 Å². The highest BCUT2D eigenvalue weighted by atomic mass is 16.5. The number of rotatable bonds is 8. The molecule has 1 aromatic heterocycles. The minimum Gasteiger partial charge on any atom is -0.484 e. The van der Waals surface area contributed by atoms with Crippen molar-refractivity contribution >= 4 is 16.7 Å². The first-order valence-electron chi connectivity index (χ1n) is 9.22. The van der Waals surface area contributed by atoms with Crippen molar-refractivity contribution in [3.05, 3.63) is 66.4 Å². The molecule has 5 heteroatoms. The quantitative estimate of drug-likeness (QED) is 0.663. The largest absolute Gasteiger partial charge is 0.484 e. The molecule has 0 radical (unpaired) electrons. The van der Waals surface area contributed by atoms with Crippen molar-refractivity contribution in [3.8, 4) is 11.6 Å². The average molecular weight is 362 g/mol. The summed E-state index contributed by atoms with van der Waals surface area (Å²) in [6, 6.07) is 17.6.